The van der Waals surface area contributed by atoms with Gasteiger partial charge in [0.05, 0.1) is 22.2 Å². The van der Waals surface area contributed by atoms with Gasteiger partial charge in [0.2, 0.25) is 0 Å². The first kappa shape index (κ1) is 17.6. The Morgan fingerprint density at radius 1 is 1.07 bits per heavy atom. The summed E-state index contributed by atoms with van der Waals surface area (Å²) in [5.74, 6) is 0.248. The van der Waals surface area contributed by atoms with E-state index in [1.807, 2.05) is 24.4 Å². The van der Waals surface area contributed by atoms with Crippen molar-refractivity contribution >= 4 is 22.2 Å². The van der Waals surface area contributed by atoms with Crippen molar-refractivity contribution in [2.24, 2.45) is 5.92 Å². The number of aromatic nitrogens is 3. The molecule has 2 N–H and O–H groups in total. The summed E-state index contributed by atoms with van der Waals surface area (Å²) in [6.45, 7) is 2.52. The van der Waals surface area contributed by atoms with Gasteiger partial charge in [-0.3, -0.25) is 15.0 Å². The van der Waals surface area contributed by atoms with Gasteiger partial charge in [-0.25, -0.2) is 0 Å². The molecule has 3 aromatic heterocycles. The lowest BCUT2D eigenvalue weighted by atomic mass is 9.94. The summed E-state index contributed by atoms with van der Waals surface area (Å²) in [5.41, 5.74) is 3.35. The number of thiophene rings is 1. The molecule has 5 nitrogen and oxygen atoms in total. The Hall–Kier alpha value is -2.54. The van der Waals surface area contributed by atoms with E-state index < -0.39 is 0 Å². The van der Waals surface area contributed by atoms with Gasteiger partial charge in [-0.2, -0.15) is 5.10 Å². The minimum atomic E-state index is -0.293. The van der Waals surface area contributed by atoms with Crippen LogP contribution in [0.5, 0.6) is 0 Å². The highest BCUT2D eigenvalue weighted by Crippen LogP contribution is 2.30. The largest absolute Gasteiger partial charge is 0.391 e. The highest BCUT2D eigenvalue weighted by molar-refractivity contribution is 7.15. The van der Waals surface area contributed by atoms with Gasteiger partial charge in [-0.05, 0) is 42.3 Å². The number of pyridine rings is 1. The first-order chi connectivity index (χ1) is 13.8. The number of benzene rings is 1. The van der Waals surface area contributed by atoms with E-state index in [1.165, 1.54) is 20.7 Å². The van der Waals surface area contributed by atoms with E-state index in [4.69, 9.17) is 0 Å². The highest BCUT2D eigenvalue weighted by atomic mass is 32.1. The van der Waals surface area contributed by atoms with Crippen LogP contribution in [0.2, 0.25) is 0 Å². The number of para-hydroxylation sites is 1. The Labute approximate surface area is 167 Å². The number of aromatic amines is 1. The van der Waals surface area contributed by atoms with Gasteiger partial charge in [-0.15, -0.1) is 11.3 Å². The fourth-order valence-electron chi connectivity index (χ4n) is 4.11. The van der Waals surface area contributed by atoms with Crippen molar-refractivity contribution in [2.45, 2.75) is 19.1 Å². The summed E-state index contributed by atoms with van der Waals surface area (Å²) in [6, 6.07) is 16.6. The molecule has 4 heterocycles. The van der Waals surface area contributed by atoms with Crippen LogP contribution in [0.4, 0.5) is 0 Å². The van der Waals surface area contributed by atoms with Gasteiger partial charge >= 0.3 is 0 Å². The quantitative estimate of drug-likeness (QED) is 0.545. The van der Waals surface area contributed by atoms with Crippen LogP contribution in [0.15, 0.2) is 60.9 Å². The van der Waals surface area contributed by atoms with Crippen LogP contribution in [0.1, 0.15) is 10.4 Å². The average Bonchev–Trinajstić information content (AvgIpc) is 3.45. The number of nitrogens with one attached hydrogen (secondary N) is 1. The molecule has 28 heavy (non-hydrogen) atoms. The number of likely N-dealkylation sites (tertiary alicyclic amines) is 1. The molecule has 0 aliphatic carbocycles. The zero-order valence-corrected chi connectivity index (χ0v) is 16.3. The Bertz CT molecular complexity index is 1070. The maximum Gasteiger partial charge on any atom is 0.0749 e. The van der Waals surface area contributed by atoms with Crippen LogP contribution in [0.3, 0.4) is 0 Å². The molecule has 4 aromatic rings. The molecule has 142 valence electrons. The van der Waals surface area contributed by atoms with Crippen molar-refractivity contribution in [1.29, 1.82) is 0 Å². The maximum atomic E-state index is 10.7. The molecule has 6 heteroatoms. The van der Waals surface area contributed by atoms with Crippen molar-refractivity contribution in [3.63, 3.8) is 0 Å². The Morgan fingerprint density at radius 3 is 2.89 bits per heavy atom. The molecule has 0 unspecified atom stereocenters. The second-order valence-corrected chi connectivity index (χ2v) is 8.62. The lowest BCUT2D eigenvalue weighted by molar-refractivity contribution is 0.141. The average molecular weight is 391 g/mol. The number of β-amino-alcohol motifs (C(OH)–C–C–N with tert-alkyl or cyclic N) is 1. The molecule has 0 bridgehead atoms. The fraction of sp³-hybridized carbons (Fsp3) is 0.273. The number of hydrogen-bond donors (Lipinski definition) is 2. The van der Waals surface area contributed by atoms with E-state index in [0.717, 1.165) is 37.3 Å². The van der Waals surface area contributed by atoms with Crippen LogP contribution < -0.4 is 0 Å². The number of nitrogens with zero attached hydrogens (tertiary/aromatic N) is 3. The normalized spacial score (nSPS) is 20.2. The minimum Gasteiger partial charge on any atom is -0.391 e. The van der Waals surface area contributed by atoms with Gasteiger partial charge in [0, 0.05) is 48.2 Å². The van der Waals surface area contributed by atoms with Crippen LogP contribution >= 0.6 is 11.3 Å². The second-order valence-electron chi connectivity index (χ2n) is 7.45. The van der Waals surface area contributed by atoms with E-state index in [0.29, 0.717) is 0 Å². The van der Waals surface area contributed by atoms with Gasteiger partial charge in [0.25, 0.3) is 0 Å². The van der Waals surface area contributed by atoms with Crippen molar-refractivity contribution in [3.05, 3.63) is 71.4 Å². The number of H-pyrrole nitrogens is 1. The zero-order valence-electron chi connectivity index (χ0n) is 15.5. The summed E-state index contributed by atoms with van der Waals surface area (Å²) in [5, 5.41) is 18.9. The summed E-state index contributed by atoms with van der Waals surface area (Å²) in [6.07, 6.45) is 4.24. The van der Waals surface area contributed by atoms with Gasteiger partial charge in [0.1, 0.15) is 0 Å². The Morgan fingerprint density at radius 2 is 2.00 bits per heavy atom. The molecule has 2 atom stereocenters. The highest BCUT2D eigenvalue weighted by Gasteiger charge is 2.31. The second kappa shape index (κ2) is 7.47. The smallest absolute Gasteiger partial charge is 0.0749 e. The van der Waals surface area contributed by atoms with Crippen LogP contribution in [0.25, 0.3) is 21.5 Å². The number of hydrogen-bond acceptors (Lipinski definition) is 5. The Balaban J connectivity index is 1.27. The van der Waals surface area contributed by atoms with Crippen LogP contribution in [0, 0.1) is 5.92 Å². The first-order valence-electron chi connectivity index (χ1n) is 9.58. The zero-order chi connectivity index (χ0) is 18.9. The van der Waals surface area contributed by atoms with E-state index in [2.05, 4.69) is 50.4 Å². The molecule has 1 saturated heterocycles. The molecule has 0 saturated carbocycles. The lowest BCUT2D eigenvalue weighted by Gasteiger charge is -2.15. The Kier molecular flexibility index (Phi) is 4.68. The number of fused-ring (bicyclic) bond motifs is 1. The SMILES string of the molecule is O[C@@H]1CN(Cc2ccc(-c3ccn[nH]3)s2)C[C@H]1Cc1ccnc2ccccc12. The molecule has 1 aliphatic heterocycles. The molecule has 1 aliphatic rings. The van der Waals surface area contributed by atoms with Crippen molar-refractivity contribution < 1.29 is 5.11 Å². The third kappa shape index (κ3) is 3.46. The minimum absolute atomic E-state index is 0.248. The third-order valence-corrected chi connectivity index (χ3v) is 6.61. The monoisotopic (exact) mass is 390 g/mol. The van der Waals surface area contributed by atoms with Crippen molar-refractivity contribution in [1.82, 2.24) is 20.1 Å². The van der Waals surface area contributed by atoms with Gasteiger partial charge < -0.3 is 5.11 Å². The molecule has 5 rings (SSSR count). The first-order valence-corrected chi connectivity index (χ1v) is 10.4. The molecule has 0 spiro atoms. The van der Waals surface area contributed by atoms with Gasteiger partial charge in [-0.1, -0.05) is 18.2 Å². The fourth-order valence-corrected chi connectivity index (χ4v) is 5.13. The van der Waals surface area contributed by atoms with Crippen molar-refractivity contribution in [2.75, 3.05) is 13.1 Å². The number of aliphatic hydroxyl groups is 1. The van der Waals surface area contributed by atoms with E-state index in [-0.39, 0.29) is 12.0 Å². The molecule has 1 aromatic carbocycles. The molecular formula is C22H22N4OS. The van der Waals surface area contributed by atoms with Crippen molar-refractivity contribution in [3.8, 4) is 10.6 Å². The van der Waals surface area contributed by atoms with Crippen LogP contribution in [-0.2, 0) is 13.0 Å². The predicted octanol–water partition coefficient (Wildman–Crippen LogP) is 3.72. The topological polar surface area (TPSA) is 65.0 Å². The van der Waals surface area contributed by atoms with E-state index >= 15 is 0 Å². The summed E-state index contributed by atoms with van der Waals surface area (Å²) in [7, 11) is 0. The third-order valence-electron chi connectivity index (χ3n) is 5.51. The summed E-state index contributed by atoms with van der Waals surface area (Å²) < 4.78 is 0. The molecule has 1 fully saturated rings. The summed E-state index contributed by atoms with van der Waals surface area (Å²) >= 11 is 1.78. The summed E-state index contributed by atoms with van der Waals surface area (Å²) in [4.78, 5) is 9.33. The van der Waals surface area contributed by atoms with Gasteiger partial charge in [0.15, 0.2) is 0 Å². The number of rotatable bonds is 5. The van der Waals surface area contributed by atoms with E-state index in [1.54, 1.807) is 17.5 Å². The lowest BCUT2D eigenvalue weighted by Crippen LogP contribution is -2.20. The molecule has 0 radical (unpaired) electrons. The molecule has 0 amide bonds. The maximum absolute atomic E-state index is 10.7. The van der Waals surface area contributed by atoms with E-state index in [9.17, 15) is 5.11 Å². The standard InChI is InChI=1S/C22H22N4OS/c27-21-14-26(13-17-5-6-22(28-17)20-8-10-24-25-20)12-16(21)11-15-7-9-23-19-4-2-1-3-18(15)19/h1-10,16,21,27H,11-14H2,(H,24,25)/t16-,21-/m1/s1. The molecular weight excluding hydrogens is 368 g/mol. The number of aliphatic hydroxyl groups excluding tert-OH is 1. The van der Waals surface area contributed by atoms with Crippen LogP contribution in [-0.4, -0.2) is 44.4 Å². The predicted molar refractivity (Wildman–Crippen MR) is 112 cm³/mol.